The molecule has 7 nitrogen and oxygen atoms in total. The van der Waals surface area contributed by atoms with Gasteiger partial charge in [0.2, 0.25) is 5.91 Å². The lowest BCUT2D eigenvalue weighted by atomic mass is 9.89. The van der Waals surface area contributed by atoms with Gasteiger partial charge in [0.25, 0.3) is 5.91 Å². The van der Waals surface area contributed by atoms with Crippen molar-refractivity contribution in [3.05, 3.63) is 40.4 Å². The summed E-state index contributed by atoms with van der Waals surface area (Å²) in [4.78, 5) is 26.8. The lowest BCUT2D eigenvalue weighted by Gasteiger charge is -2.38. The van der Waals surface area contributed by atoms with E-state index in [1.807, 2.05) is 29.2 Å². The second-order valence-electron chi connectivity index (χ2n) is 7.00. The molecule has 1 aliphatic rings. The molecule has 2 amide bonds. The van der Waals surface area contributed by atoms with Crippen LogP contribution in [-0.2, 0) is 11.3 Å². The van der Waals surface area contributed by atoms with Gasteiger partial charge in [-0.1, -0.05) is 29.5 Å². The van der Waals surface area contributed by atoms with Crippen molar-refractivity contribution >= 4 is 29.0 Å². The van der Waals surface area contributed by atoms with E-state index in [2.05, 4.69) is 14.9 Å². The lowest BCUT2D eigenvalue weighted by molar-refractivity contribution is -0.133. The number of benzene rings is 1. The molecule has 2 atom stereocenters. The summed E-state index contributed by atoms with van der Waals surface area (Å²) in [6.07, 6.45) is 4.16. The number of carbonyl (C=O) groups excluding carboxylic acids is 2. The van der Waals surface area contributed by atoms with Crippen molar-refractivity contribution in [1.29, 1.82) is 0 Å². The highest BCUT2D eigenvalue weighted by Gasteiger charge is 2.29. The molecule has 0 bridgehead atoms. The Balaban J connectivity index is 1.66. The van der Waals surface area contributed by atoms with Gasteiger partial charge in [0.15, 0.2) is 0 Å². The van der Waals surface area contributed by atoms with Crippen LogP contribution in [0.25, 0.3) is 0 Å². The van der Waals surface area contributed by atoms with Gasteiger partial charge in [-0.05, 0) is 49.0 Å². The topological polar surface area (TPSA) is 101 Å². The van der Waals surface area contributed by atoms with Gasteiger partial charge in [-0.2, -0.15) is 0 Å². The Bertz CT molecular complexity index is 805. The van der Waals surface area contributed by atoms with Crippen molar-refractivity contribution in [2.24, 2.45) is 5.73 Å². The van der Waals surface area contributed by atoms with Crippen molar-refractivity contribution in [1.82, 2.24) is 14.5 Å². The van der Waals surface area contributed by atoms with Crippen molar-refractivity contribution < 1.29 is 9.59 Å². The van der Waals surface area contributed by atoms with E-state index in [1.165, 1.54) is 0 Å². The minimum absolute atomic E-state index is 0.0393. The van der Waals surface area contributed by atoms with Crippen LogP contribution in [0.15, 0.2) is 24.3 Å². The Hall–Kier alpha value is -2.32. The highest BCUT2D eigenvalue weighted by Crippen LogP contribution is 2.24. The maximum absolute atomic E-state index is 12.2. The SMILES string of the molecule is CC(=O)N(Cc1ccc(NC(=O)c2snnc2C)cc1)C1CCCCC1N. The van der Waals surface area contributed by atoms with E-state index in [0.717, 1.165) is 42.8 Å². The van der Waals surface area contributed by atoms with Crippen LogP contribution >= 0.6 is 11.5 Å². The summed E-state index contributed by atoms with van der Waals surface area (Å²) in [5, 5.41) is 6.70. The van der Waals surface area contributed by atoms with Crippen LogP contribution in [0, 0.1) is 6.92 Å². The van der Waals surface area contributed by atoms with Crippen LogP contribution in [0.5, 0.6) is 0 Å². The molecular weight excluding hydrogens is 362 g/mol. The summed E-state index contributed by atoms with van der Waals surface area (Å²) >= 11 is 1.08. The van der Waals surface area contributed by atoms with Gasteiger partial charge < -0.3 is 16.0 Å². The third-order valence-electron chi connectivity index (χ3n) is 5.01. The molecule has 8 heteroatoms. The molecule has 144 valence electrons. The highest BCUT2D eigenvalue weighted by molar-refractivity contribution is 7.08. The van der Waals surface area contributed by atoms with E-state index >= 15 is 0 Å². The molecule has 3 rings (SSSR count). The van der Waals surface area contributed by atoms with Crippen LogP contribution in [0.4, 0.5) is 5.69 Å². The fourth-order valence-corrected chi connectivity index (χ4v) is 4.06. The van der Waals surface area contributed by atoms with E-state index in [4.69, 9.17) is 5.73 Å². The zero-order chi connectivity index (χ0) is 19.4. The Morgan fingerprint density at radius 1 is 1.26 bits per heavy atom. The van der Waals surface area contributed by atoms with Crippen molar-refractivity contribution in [2.75, 3.05) is 5.32 Å². The Morgan fingerprint density at radius 2 is 1.96 bits per heavy atom. The molecule has 0 saturated heterocycles. The summed E-state index contributed by atoms with van der Waals surface area (Å²) in [6, 6.07) is 7.68. The maximum Gasteiger partial charge on any atom is 0.269 e. The largest absolute Gasteiger partial charge is 0.334 e. The predicted molar refractivity (Wildman–Crippen MR) is 105 cm³/mol. The molecule has 0 aliphatic heterocycles. The van der Waals surface area contributed by atoms with Gasteiger partial charge in [-0.15, -0.1) is 5.10 Å². The summed E-state index contributed by atoms with van der Waals surface area (Å²) in [5.41, 5.74) is 8.58. The number of nitrogens with zero attached hydrogens (tertiary/aromatic N) is 3. The normalized spacial score (nSPS) is 19.5. The molecule has 0 radical (unpaired) electrons. The minimum atomic E-state index is -0.214. The van der Waals surface area contributed by atoms with E-state index in [1.54, 1.807) is 13.8 Å². The van der Waals surface area contributed by atoms with E-state index in [9.17, 15) is 9.59 Å². The molecule has 2 unspecified atom stereocenters. The van der Waals surface area contributed by atoms with Gasteiger partial charge in [0, 0.05) is 31.2 Å². The van der Waals surface area contributed by atoms with E-state index in [0.29, 0.717) is 22.8 Å². The first-order chi connectivity index (χ1) is 13.0. The molecule has 1 aromatic carbocycles. The first-order valence-electron chi connectivity index (χ1n) is 9.17. The van der Waals surface area contributed by atoms with Crippen LogP contribution in [0.1, 0.15) is 53.5 Å². The summed E-state index contributed by atoms with van der Waals surface area (Å²) < 4.78 is 3.78. The molecule has 27 heavy (non-hydrogen) atoms. The standard InChI is InChI=1S/C19H25N5O2S/c1-12-18(27-23-22-12)19(26)21-15-9-7-14(8-10-15)11-24(13(2)25)17-6-4-3-5-16(17)20/h7-10,16-17H,3-6,11,20H2,1-2H3,(H,21,26). The third kappa shape index (κ3) is 4.70. The molecule has 1 heterocycles. The summed E-state index contributed by atoms with van der Waals surface area (Å²) in [6.45, 7) is 3.88. The van der Waals surface area contributed by atoms with Crippen molar-refractivity contribution in [3.8, 4) is 0 Å². The molecule has 1 fully saturated rings. The molecule has 2 aromatic rings. The van der Waals surface area contributed by atoms with Crippen LogP contribution < -0.4 is 11.1 Å². The third-order valence-corrected chi connectivity index (χ3v) is 5.84. The van der Waals surface area contributed by atoms with Crippen LogP contribution in [0.2, 0.25) is 0 Å². The van der Waals surface area contributed by atoms with E-state index in [-0.39, 0.29) is 23.9 Å². The molecule has 1 aromatic heterocycles. The number of nitrogens with two attached hydrogens (primary N) is 1. The molecule has 1 saturated carbocycles. The molecular formula is C19H25N5O2S. The van der Waals surface area contributed by atoms with Gasteiger partial charge in [-0.3, -0.25) is 9.59 Å². The Morgan fingerprint density at radius 3 is 2.56 bits per heavy atom. The zero-order valence-electron chi connectivity index (χ0n) is 15.6. The Labute approximate surface area is 163 Å². The fourth-order valence-electron chi connectivity index (χ4n) is 3.51. The smallest absolute Gasteiger partial charge is 0.269 e. The molecule has 0 spiro atoms. The quantitative estimate of drug-likeness (QED) is 0.821. The summed E-state index contributed by atoms with van der Waals surface area (Å²) in [5.74, 6) is -0.170. The second kappa shape index (κ2) is 8.58. The molecule has 3 N–H and O–H groups in total. The van der Waals surface area contributed by atoms with Crippen molar-refractivity contribution in [3.63, 3.8) is 0 Å². The first-order valence-corrected chi connectivity index (χ1v) is 9.95. The molecule has 1 aliphatic carbocycles. The van der Waals surface area contributed by atoms with Crippen LogP contribution in [-0.4, -0.2) is 38.4 Å². The number of aromatic nitrogens is 2. The number of anilines is 1. The van der Waals surface area contributed by atoms with Crippen LogP contribution in [0.3, 0.4) is 0 Å². The first kappa shape index (κ1) is 19.4. The zero-order valence-corrected chi connectivity index (χ0v) is 16.5. The number of carbonyl (C=O) groups is 2. The second-order valence-corrected chi connectivity index (χ2v) is 7.76. The lowest BCUT2D eigenvalue weighted by Crippen LogP contribution is -2.50. The van der Waals surface area contributed by atoms with Gasteiger partial charge >= 0.3 is 0 Å². The van der Waals surface area contributed by atoms with Gasteiger partial charge in [0.1, 0.15) is 4.88 Å². The van der Waals surface area contributed by atoms with Gasteiger partial charge in [0.05, 0.1) is 5.69 Å². The monoisotopic (exact) mass is 387 g/mol. The number of amides is 2. The predicted octanol–water partition coefficient (Wildman–Crippen LogP) is 2.72. The maximum atomic E-state index is 12.2. The van der Waals surface area contributed by atoms with E-state index < -0.39 is 0 Å². The number of rotatable bonds is 5. The van der Waals surface area contributed by atoms with Gasteiger partial charge in [-0.25, -0.2) is 0 Å². The fraction of sp³-hybridized carbons (Fsp3) is 0.474. The average molecular weight is 388 g/mol. The highest BCUT2D eigenvalue weighted by atomic mass is 32.1. The Kier molecular flexibility index (Phi) is 6.18. The number of hydrogen-bond acceptors (Lipinski definition) is 6. The average Bonchev–Trinajstić information content (AvgIpc) is 3.08. The number of hydrogen-bond donors (Lipinski definition) is 2. The number of aryl methyl sites for hydroxylation is 1. The van der Waals surface area contributed by atoms with Crippen molar-refractivity contribution in [2.45, 2.75) is 58.2 Å². The summed E-state index contributed by atoms with van der Waals surface area (Å²) in [7, 11) is 0. The minimum Gasteiger partial charge on any atom is -0.334 e. The number of nitrogens with one attached hydrogen (secondary N) is 1.